The molecule has 0 heterocycles. The van der Waals surface area contributed by atoms with Gasteiger partial charge in [-0.05, 0) is 24.5 Å². The maximum absolute atomic E-state index is 12.0. The lowest BCUT2D eigenvalue weighted by atomic mass is 9.74. The molecule has 0 bridgehead atoms. The Morgan fingerprint density at radius 2 is 1.53 bits per heavy atom. The third kappa shape index (κ3) is 2.63. The van der Waals surface area contributed by atoms with Crippen LogP contribution >= 0.6 is 0 Å². The minimum atomic E-state index is -1.21. The summed E-state index contributed by atoms with van der Waals surface area (Å²) in [6, 6.07) is 18.7. The third-order valence-electron chi connectivity index (χ3n) is 3.35. The maximum Gasteiger partial charge on any atom is 0.218 e. The molecule has 95 valence electrons. The number of rotatable bonds is 5. The monoisotopic (exact) mass is 251 g/mol. The van der Waals surface area contributed by atoms with E-state index in [2.05, 4.69) is 0 Å². The van der Waals surface area contributed by atoms with E-state index < -0.39 is 5.41 Å². The van der Waals surface area contributed by atoms with Gasteiger partial charge < -0.3 is 0 Å². The fourth-order valence-corrected chi connectivity index (χ4v) is 2.22. The summed E-state index contributed by atoms with van der Waals surface area (Å²) in [5, 5.41) is 0. The Morgan fingerprint density at radius 1 is 1.00 bits per heavy atom. The highest BCUT2D eigenvalue weighted by molar-refractivity contribution is 6.03. The first-order valence-corrected chi connectivity index (χ1v) is 6.19. The molecule has 0 aliphatic carbocycles. The van der Waals surface area contributed by atoms with Crippen LogP contribution in [0.3, 0.4) is 0 Å². The van der Waals surface area contributed by atoms with Crippen LogP contribution < -0.4 is 0 Å². The van der Waals surface area contributed by atoms with E-state index in [1.165, 1.54) is 6.92 Å². The highest BCUT2D eigenvalue weighted by Crippen LogP contribution is 2.27. The predicted octanol–water partition coefficient (Wildman–Crippen LogP) is 2.87. The molecule has 0 aliphatic heterocycles. The van der Waals surface area contributed by atoms with Crippen molar-refractivity contribution in [1.82, 2.24) is 0 Å². The second kappa shape index (κ2) is 5.61. The molecule has 2 heteroatoms. The number of carbonyl (C=O) groups is 1. The van der Waals surface area contributed by atoms with Crippen molar-refractivity contribution in [2.75, 3.05) is 0 Å². The summed E-state index contributed by atoms with van der Waals surface area (Å²) in [7, 11) is 0. The van der Waals surface area contributed by atoms with Gasteiger partial charge in [0.2, 0.25) is 6.29 Å². The van der Waals surface area contributed by atoms with E-state index in [9.17, 15) is 9.59 Å². The van der Waals surface area contributed by atoms with Gasteiger partial charge in [0.1, 0.15) is 11.2 Å². The fourth-order valence-electron chi connectivity index (χ4n) is 2.22. The van der Waals surface area contributed by atoms with Gasteiger partial charge in [-0.3, -0.25) is 9.59 Å². The Bertz CT molecular complexity index is 560. The summed E-state index contributed by atoms with van der Waals surface area (Å²) in [6.45, 7) is 1.45. The molecule has 1 radical (unpaired) electrons. The standard InChI is InChI=1S/C17H15O2/c1-14(19)17(13-18,16-10-6-3-7-11-16)12-15-8-4-2-5-9-15/h2-11H,12H2,1H3. The van der Waals surface area contributed by atoms with Gasteiger partial charge in [-0.1, -0.05) is 60.7 Å². The lowest BCUT2D eigenvalue weighted by Gasteiger charge is -2.25. The normalized spacial score (nSPS) is 13.5. The molecule has 1 atom stereocenters. The molecule has 2 rings (SSSR count). The first kappa shape index (κ1) is 13.2. The molecule has 1 unspecified atom stereocenters. The van der Waals surface area contributed by atoms with Crippen LogP contribution in [0.5, 0.6) is 0 Å². The predicted molar refractivity (Wildman–Crippen MR) is 74.6 cm³/mol. The van der Waals surface area contributed by atoms with Crippen molar-refractivity contribution in [3.05, 3.63) is 71.8 Å². The average molecular weight is 251 g/mol. The summed E-state index contributed by atoms with van der Waals surface area (Å²) in [5.41, 5.74) is 0.439. The zero-order valence-corrected chi connectivity index (χ0v) is 10.8. The quantitative estimate of drug-likeness (QED) is 0.766. The lowest BCUT2D eigenvalue weighted by molar-refractivity contribution is -0.120. The van der Waals surface area contributed by atoms with Gasteiger partial charge in [0, 0.05) is 0 Å². The van der Waals surface area contributed by atoms with Crippen LogP contribution in [0.15, 0.2) is 60.7 Å². The van der Waals surface area contributed by atoms with E-state index in [1.54, 1.807) is 12.1 Å². The molecule has 2 aromatic carbocycles. The van der Waals surface area contributed by atoms with E-state index in [-0.39, 0.29) is 5.78 Å². The molecular weight excluding hydrogens is 236 g/mol. The van der Waals surface area contributed by atoms with Crippen LogP contribution in [-0.2, 0) is 21.4 Å². The number of Topliss-reactive ketones (excluding diaryl/α,β-unsaturated/α-hetero) is 1. The minimum absolute atomic E-state index is 0.183. The highest BCUT2D eigenvalue weighted by Gasteiger charge is 2.38. The van der Waals surface area contributed by atoms with E-state index >= 15 is 0 Å². The van der Waals surface area contributed by atoms with Crippen LogP contribution in [-0.4, -0.2) is 12.1 Å². The van der Waals surface area contributed by atoms with E-state index in [1.807, 2.05) is 54.8 Å². The van der Waals surface area contributed by atoms with Crippen LogP contribution in [0.2, 0.25) is 0 Å². The molecular formula is C17H15O2. The summed E-state index contributed by atoms with van der Waals surface area (Å²) < 4.78 is 0. The van der Waals surface area contributed by atoms with Crippen molar-refractivity contribution in [2.45, 2.75) is 18.8 Å². The van der Waals surface area contributed by atoms with Crippen molar-refractivity contribution >= 4 is 12.1 Å². The molecule has 0 saturated heterocycles. The van der Waals surface area contributed by atoms with Crippen LogP contribution in [0, 0.1) is 0 Å². The molecule has 19 heavy (non-hydrogen) atoms. The molecule has 0 aromatic heterocycles. The van der Waals surface area contributed by atoms with Gasteiger partial charge in [-0.15, -0.1) is 0 Å². The van der Waals surface area contributed by atoms with Gasteiger partial charge in [-0.2, -0.15) is 0 Å². The third-order valence-corrected chi connectivity index (χ3v) is 3.35. The number of benzene rings is 2. The van der Waals surface area contributed by atoms with E-state index in [4.69, 9.17) is 0 Å². The number of carbonyl (C=O) groups excluding carboxylic acids is 2. The Hall–Kier alpha value is -2.22. The van der Waals surface area contributed by atoms with Crippen molar-refractivity contribution in [3.63, 3.8) is 0 Å². The number of hydrogen-bond acceptors (Lipinski definition) is 2. The van der Waals surface area contributed by atoms with Crippen molar-refractivity contribution in [1.29, 1.82) is 0 Å². The molecule has 0 spiro atoms. The largest absolute Gasteiger partial charge is 0.298 e. The molecule has 2 nitrogen and oxygen atoms in total. The molecule has 0 saturated carbocycles. The van der Waals surface area contributed by atoms with E-state index in [0.717, 1.165) is 5.56 Å². The SMILES string of the molecule is CC(=O)C([C]=O)(Cc1ccccc1)c1ccccc1. The average Bonchev–Trinajstić information content (AvgIpc) is 2.46. The molecule has 0 aliphatic rings. The van der Waals surface area contributed by atoms with Gasteiger partial charge >= 0.3 is 0 Å². The first-order chi connectivity index (χ1) is 9.19. The van der Waals surface area contributed by atoms with Crippen molar-refractivity contribution in [3.8, 4) is 0 Å². The minimum Gasteiger partial charge on any atom is -0.298 e. The Morgan fingerprint density at radius 3 is 2.00 bits per heavy atom. The smallest absolute Gasteiger partial charge is 0.218 e. The van der Waals surface area contributed by atoms with Crippen molar-refractivity contribution in [2.24, 2.45) is 0 Å². The zero-order valence-electron chi connectivity index (χ0n) is 10.8. The van der Waals surface area contributed by atoms with Crippen molar-refractivity contribution < 1.29 is 9.59 Å². The van der Waals surface area contributed by atoms with Gasteiger partial charge in [0.25, 0.3) is 0 Å². The van der Waals surface area contributed by atoms with Gasteiger partial charge in [0.15, 0.2) is 0 Å². The molecule has 0 amide bonds. The molecule has 0 N–H and O–H groups in total. The molecule has 0 fully saturated rings. The second-order valence-electron chi connectivity index (χ2n) is 4.59. The summed E-state index contributed by atoms with van der Waals surface area (Å²) in [5.74, 6) is -0.183. The summed E-state index contributed by atoms with van der Waals surface area (Å²) in [6.07, 6.45) is 2.32. The first-order valence-electron chi connectivity index (χ1n) is 6.19. The maximum atomic E-state index is 12.0. The Labute approximate surface area is 113 Å². The topological polar surface area (TPSA) is 34.1 Å². The Kier molecular flexibility index (Phi) is 3.91. The Balaban J connectivity index is 2.47. The fraction of sp³-hybridized carbons (Fsp3) is 0.176. The zero-order chi connectivity index (χ0) is 13.7. The lowest BCUT2D eigenvalue weighted by Crippen LogP contribution is -2.38. The molecule has 2 aromatic rings. The second-order valence-corrected chi connectivity index (χ2v) is 4.59. The highest BCUT2D eigenvalue weighted by atomic mass is 16.1. The van der Waals surface area contributed by atoms with Gasteiger partial charge in [0.05, 0.1) is 0 Å². The number of hydrogen-bond donors (Lipinski definition) is 0. The van der Waals surface area contributed by atoms with Crippen LogP contribution in [0.1, 0.15) is 18.1 Å². The number of ketones is 1. The van der Waals surface area contributed by atoms with Crippen LogP contribution in [0.4, 0.5) is 0 Å². The van der Waals surface area contributed by atoms with Crippen LogP contribution in [0.25, 0.3) is 0 Å². The summed E-state index contributed by atoms with van der Waals surface area (Å²) in [4.78, 5) is 23.6. The van der Waals surface area contributed by atoms with Gasteiger partial charge in [-0.25, -0.2) is 0 Å². The summed E-state index contributed by atoms with van der Waals surface area (Å²) >= 11 is 0. The van der Waals surface area contributed by atoms with E-state index in [0.29, 0.717) is 12.0 Å².